The first-order valence-corrected chi connectivity index (χ1v) is 11.1. The van der Waals surface area contributed by atoms with Crippen LogP contribution in [0.3, 0.4) is 0 Å². The summed E-state index contributed by atoms with van der Waals surface area (Å²) in [6.07, 6.45) is 0.776. The van der Waals surface area contributed by atoms with Crippen molar-refractivity contribution in [1.29, 1.82) is 0 Å². The van der Waals surface area contributed by atoms with Crippen molar-refractivity contribution in [1.82, 2.24) is 4.31 Å². The molecule has 0 amide bonds. The SMILES string of the molecule is CC(C)(C)c1ccc(OC(=O)C2CCN(S(=O)(=O)c3ccc(F)cc3)CC2)cc1. The van der Waals surface area contributed by atoms with Crippen molar-refractivity contribution < 1.29 is 22.3 Å². The third-order valence-electron chi connectivity index (χ3n) is 5.18. The van der Waals surface area contributed by atoms with Crippen molar-refractivity contribution in [2.45, 2.75) is 43.9 Å². The number of sulfonamides is 1. The molecule has 1 saturated heterocycles. The zero-order chi connectivity index (χ0) is 21.2. The van der Waals surface area contributed by atoms with Crippen LogP contribution in [-0.2, 0) is 20.2 Å². The zero-order valence-electron chi connectivity index (χ0n) is 16.9. The number of esters is 1. The number of carbonyl (C=O) groups excluding carboxylic acids is 1. The van der Waals surface area contributed by atoms with Gasteiger partial charge in [-0.15, -0.1) is 0 Å². The molecule has 2 aromatic rings. The lowest BCUT2D eigenvalue weighted by Gasteiger charge is -2.30. The molecule has 0 radical (unpaired) electrons. The highest BCUT2D eigenvalue weighted by Gasteiger charge is 2.33. The second kappa shape index (κ2) is 8.24. The fraction of sp³-hybridized carbons (Fsp3) is 0.409. The smallest absolute Gasteiger partial charge is 0.314 e. The Labute approximate surface area is 171 Å². The summed E-state index contributed by atoms with van der Waals surface area (Å²) >= 11 is 0. The Hall–Kier alpha value is -2.25. The van der Waals surface area contributed by atoms with Crippen LogP contribution in [0.25, 0.3) is 0 Å². The molecule has 1 fully saturated rings. The van der Waals surface area contributed by atoms with E-state index in [0.717, 1.165) is 17.7 Å². The van der Waals surface area contributed by atoms with E-state index in [1.54, 1.807) is 12.1 Å². The largest absolute Gasteiger partial charge is 0.426 e. The fourth-order valence-electron chi connectivity index (χ4n) is 3.31. The predicted octanol–water partition coefficient (Wildman–Crippen LogP) is 4.13. The zero-order valence-corrected chi connectivity index (χ0v) is 17.7. The van der Waals surface area contributed by atoms with E-state index in [9.17, 15) is 17.6 Å². The van der Waals surface area contributed by atoms with E-state index in [0.29, 0.717) is 18.6 Å². The van der Waals surface area contributed by atoms with Gasteiger partial charge in [0.2, 0.25) is 10.0 Å². The maximum atomic E-state index is 13.1. The third-order valence-corrected chi connectivity index (χ3v) is 7.09. The van der Waals surface area contributed by atoms with Crippen molar-refractivity contribution in [2.75, 3.05) is 13.1 Å². The van der Waals surface area contributed by atoms with Crippen LogP contribution in [0, 0.1) is 11.7 Å². The lowest BCUT2D eigenvalue weighted by Crippen LogP contribution is -2.41. The summed E-state index contributed by atoms with van der Waals surface area (Å²) in [6.45, 7) is 6.79. The van der Waals surface area contributed by atoms with E-state index in [2.05, 4.69) is 20.8 Å². The minimum atomic E-state index is -3.69. The first-order chi connectivity index (χ1) is 13.6. The quantitative estimate of drug-likeness (QED) is 0.552. The topological polar surface area (TPSA) is 63.7 Å². The second-order valence-electron chi connectivity index (χ2n) is 8.33. The molecule has 2 aromatic carbocycles. The molecule has 0 aromatic heterocycles. The van der Waals surface area contributed by atoms with Gasteiger partial charge in [0.25, 0.3) is 0 Å². The number of nitrogens with zero attached hydrogens (tertiary/aromatic N) is 1. The maximum Gasteiger partial charge on any atom is 0.314 e. The van der Waals surface area contributed by atoms with Gasteiger partial charge in [0.15, 0.2) is 0 Å². The maximum absolute atomic E-state index is 13.1. The molecule has 0 aliphatic carbocycles. The summed E-state index contributed by atoms with van der Waals surface area (Å²) in [5.74, 6) is -0.686. The molecule has 3 rings (SSSR count). The molecule has 0 N–H and O–H groups in total. The summed E-state index contributed by atoms with van der Waals surface area (Å²) in [6, 6.07) is 12.2. The van der Waals surface area contributed by atoms with Gasteiger partial charge in [-0.2, -0.15) is 4.31 Å². The van der Waals surface area contributed by atoms with Gasteiger partial charge >= 0.3 is 5.97 Å². The molecular formula is C22H26FNO4S. The monoisotopic (exact) mass is 419 g/mol. The van der Waals surface area contributed by atoms with Crippen LogP contribution in [0.2, 0.25) is 0 Å². The van der Waals surface area contributed by atoms with Crippen molar-refractivity contribution in [3.8, 4) is 5.75 Å². The van der Waals surface area contributed by atoms with E-state index in [1.807, 2.05) is 12.1 Å². The van der Waals surface area contributed by atoms with Crippen LogP contribution in [-0.4, -0.2) is 31.8 Å². The highest BCUT2D eigenvalue weighted by Crippen LogP contribution is 2.27. The van der Waals surface area contributed by atoms with Gasteiger partial charge in [0.1, 0.15) is 11.6 Å². The number of benzene rings is 2. The van der Waals surface area contributed by atoms with Crippen molar-refractivity contribution in [3.05, 3.63) is 59.9 Å². The molecule has 1 aliphatic rings. The molecule has 7 heteroatoms. The van der Waals surface area contributed by atoms with Gasteiger partial charge in [-0.05, 0) is 60.2 Å². The molecule has 1 aliphatic heterocycles. The summed E-state index contributed by atoms with van der Waals surface area (Å²) in [5, 5.41) is 0. The van der Waals surface area contributed by atoms with E-state index in [4.69, 9.17) is 4.74 Å². The highest BCUT2D eigenvalue weighted by molar-refractivity contribution is 7.89. The fourth-order valence-corrected chi connectivity index (χ4v) is 4.78. The van der Waals surface area contributed by atoms with E-state index >= 15 is 0 Å². The van der Waals surface area contributed by atoms with E-state index in [-0.39, 0.29) is 35.3 Å². The number of hydrogen-bond donors (Lipinski definition) is 0. The van der Waals surface area contributed by atoms with Crippen LogP contribution in [0.5, 0.6) is 5.75 Å². The first-order valence-electron chi connectivity index (χ1n) is 9.65. The van der Waals surface area contributed by atoms with Crippen molar-refractivity contribution in [3.63, 3.8) is 0 Å². The minimum Gasteiger partial charge on any atom is -0.426 e. The molecule has 156 valence electrons. The second-order valence-corrected chi connectivity index (χ2v) is 10.3. The van der Waals surface area contributed by atoms with Gasteiger partial charge < -0.3 is 4.74 Å². The standard InChI is InChI=1S/C22H26FNO4S/c1-22(2,3)17-4-8-19(9-5-17)28-21(25)16-12-14-24(15-13-16)29(26,27)20-10-6-18(23)7-11-20/h4-11,16H,12-15H2,1-3H3. The number of ether oxygens (including phenoxy) is 1. The van der Waals surface area contributed by atoms with Gasteiger partial charge in [0.05, 0.1) is 10.8 Å². The Morgan fingerprint density at radius 2 is 1.55 bits per heavy atom. The lowest BCUT2D eigenvalue weighted by atomic mass is 9.87. The summed E-state index contributed by atoms with van der Waals surface area (Å²) < 4.78 is 45.2. The number of halogens is 1. The number of piperidine rings is 1. The lowest BCUT2D eigenvalue weighted by molar-refractivity contribution is -0.140. The van der Waals surface area contributed by atoms with Gasteiger partial charge in [-0.1, -0.05) is 32.9 Å². The summed E-state index contributed by atoms with van der Waals surface area (Å²) in [7, 11) is -3.69. The van der Waals surface area contributed by atoms with Crippen LogP contribution in [0.4, 0.5) is 4.39 Å². The Balaban J connectivity index is 1.59. The normalized spacial score (nSPS) is 16.6. The summed E-state index contributed by atoms with van der Waals surface area (Å²) in [4.78, 5) is 12.5. The van der Waals surface area contributed by atoms with E-state index in [1.165, 1.54) is 16.4 Å². The molecule has 0 saturated carbocycles. The van der Waals surface area contributed by atoms with Gasteiger partial charge in [-0.25, -0.2) is 12.8 Å². The number of carbonyl (C=O) groups is 1. The molecule has 1 heterocycles. The van der Waals surface area contributed by atoms with Crippen LogP contribution >= 0.6 is 0 Å². The Kier molecular flexibility index (Phi) is 6.10. The average Bonchev–Trinajstić information content (AvgIpc) is 2.68. The molecule has 0 bridgehead atoms. The number of rotatable bonds is 4. The Bertz CT molecular complexity index is 955. The van der Waals surface area contributed by atoms with Crippen LogP contribution in [0.1, 0.15) is 39.2 Å². The number of hydrogen-bond acceptors (Lipinski definition) is 4. The first kappa shape index (κ1) is 21.5. The van der Waals surface area contributed by atoms with E-state index < -0.39 is 15.8 Å². The van der Waals surface area contributed by atoms with Crippen molar-refractivity contribution in [2.24, 2.45) is 5.92 Å². The van der Waals surface area contributed by atoms with Crippen molar-refractivity contribution >= 4 is 16.0 Å². The minimum absolute atomic E-state index is 0.0192. The average molecular weight is 420 g/mol. The molecule has 0 unspecified atom stereocenters. The molecule has 29 heavy (non-hydrogen) atoms. The van der Waals surface area contributed by atoms with Gasteiger partial charge in [-0.3, -0.25) is 4.79 Å². The molecule has 0 spiro atoms. The Morgan fingerprint density at radius 3 is 2.07 bits per heavy atom. The third kappa shape index (κ3) is 5.03. The molecule has 5 nitrogen and oxygen atoms in total. The van der Waals surface area contributed by atoms with Gasteiger partial charge in [0, 0.05) is 13.1 Å². The van der Waals surface area contributed by atoms with Crippen LogP contribution < -0.4 is 4.74 Å². The Morgan fingerprint density at radius 1 is 1.00 bits per heavy atom. The summed E-state index contributed by atoms with van der Waals surface area (Å²) in [5.41, 5.74) is 1.17. The highest BCUT2D eigenvalue weighted by atomic mass is 32.2. The molecule has 0 atom stereocenters. The van der Waals surface area contributed by atoms with Crippen LogP contribution in [0.15, 0.2) is 53.4 Å². The predicted molar refractivity (Wildman–Crippen MR) is 109 cm³/mol. The molecular weight excluding hydrogens is 393 g/mol.